The van der Waals surface area contributed by atoms with Gasteiger partial charge in [-0.25, -0.2) is 0 Å². The first-order valence-electron chi connectivity index (χ1n) is 4.99. The van der Waals surface area contributed by atoms with Gasteiger partial charge in [-0.1, -0.05) is 0 Å². The van der Waals surface area contributed by atoms with Crippen LogP contribution in [0.3, 0.4) is 0 Å². The summed E-state index contributed by atoms with van der Waals surface area (Å²) >= 11 is 0. The molecule has 78 valence electrons. The SMILES string of the molecule is CC(=O)OC1C2CCC(C2)C1C(=O)O. The monoisotopic (exact) mass is 198 g/mol. The summed E-state index contributed by atoms with van der Waals surface area (Å²) in [6.45, 7) is 1.34. The third kappa shape index (κ3) is 1.38. The van der Waals surface area contributed by atoms with E-state index in [2.05, 4.69) is 0 Å². The van der Waals surface area contributed by atoms with Gasteiger partial charge in [-0.05, 0) is 31.1 Å². The molecule has 2 bridgehead atoms. The van der Waals surface area contributed by atoms with E-state index in [0.717, 1.165) is 19.3 Å². The first-order chi connectivity index (χ1) is 6.59. The molecular weight excluding hydrogens is 184 g/mol. The van der Waals surface area contributed by atoms with E-state index >= 15 is 0 Å². The van der Waals surface area contributed by atoms with Crippen LogP contribution in [0.1, 0.15) is 26.2 Å². The maximum absolute atomic E-state index is 11.0. The maximum Gasteiger partial charge on any atom is 0.310 e. The van der Waals surface area contributed by atoms with Gasteiger partial charge in [0.05, 0.1) is 5.92 Å². The van der Waals surface area contributed by atoms with Crippen LogP contribution in [0.25, 0.3) is 0 Å². The predicted molar refractivity (Wildman–Crippen MR) is 47.5 cm³/mol. The molecule has 4 heteroatoms. The Labute approximate surface area is 82.2 Å². The third-order valence-electron chi connectivity index (χ3n) is 3.43. The summed E-state index contributed by atoms with van der Waals surface area (Å²) < 4.78 is 5.10. The largest absolute Gasteiger partial charge is 0.481 e. The fraction of sp³-hybridized carbons (Fsp3) is 0.800. The Morgan fingerprint density at radius 3 is 2.50 bits per heavy atom. The van der Waals surface area contributed by atoms with Crippen molar-refractivity contribution in [3.8, 4) is 0 Å². The minimum absolute atomic E-state index is 0.224. The minimum Gasteiger partial charge on any atom is -0.481 e. The summed E-state index contributed by atoms with van der Waals surface area (Å²) in [5.74, 6) is -1.14. The Kier molecular flexibility index (Phi) is 2.21. The molecule has 0 heterocycles. The van der Waals surface area contributed by atoms with Crippen LogP contribution in [0.5, 0.6) is 0 Å². The lowest BCUT2D eigenvalue weighted by Gasteiger charge is -2.27. The average molecular weight is 198 g/mol. The van der Waals surface area contributed by atoms with Crippen molar-refractivity contribution in [1.82, 2.24) is 0 Å². The highest BCUT2D eigenvalue weighted by Gasteiger charge is 2.52. The van der Waals surface area contributed by atoms with E-state index in [0.29, 0.717) is 0 Å². The first kappa shape index (κ1) is 9.49. The van der Waals surface area contributed by atoms with E-state index in [1.807, 2.05) is 0 Å². The highest BCUT2D eigenvalue weighted by atomic mass is 16.5. The lowest BCUT2D eigenvalue weighted by atomic mass is 9.86. The molecule has 0 amide bonds. The van der Waals surface area contributed by atoms with Gasteiger partial charge in [-0.2, -0.15) is 0 Å². The minimum atomic E-state index is -0.816. The van der Waals surface area contributed by atoms with Gasteiger partial charge in [0.1, 0.15) is 6.10 Å². The number of hydrogen-bond acceptors (Lipinski definition) is 3. The molecule has 4 unspecified atom stereocenters. The van der Waals surface area contributed by atoms with E-state index in [9.17, 15) is 9.59 Å². The molecule has 0 aliphatic heterocycles. The number of carboxylic acids is 1. The summed E-state index contributed by atoms with van der Waals surface area (Å²) in [5, 5.41) is 9.03. The summed E-state index contributed by atoms with van der Waals surface area (Å²) in [6, 6.07) is 0. The highest BCUT2D eigenvalue weighted by molar-refractivity contribution is 5.73. The van der Waals surface area contributed by atoms with Gasteiger partial charge in [-0.3, -0.25) is 9.59 Å². The standard InChI is InChI=1S/C10H14O4/c1-5(11)14-9-7-3-2-6(4-7)8(9)10(12)13/h6-9H,2-4H2,1H3,(H,12,13). The Bertz CT molecular complexity index is 273. The molecular formula is C10H14O4. The molecule has 14 heavy (non-hydrogen) atoms. The van der Waals surface area contributed by atoms with Crippen molar-refractivity contribution in [2.24, 2.45) is 17.8 Å². The van der Waals surface area contributed by atoms with Crippen LogP contribution in [0.2, 0.25) is 0 Å². The van der Waals surface area contributed by atoms with Crippen molar-refractivity contribution in [3.63, 3.8) is 0 Å². The lowest BCUT2D eigenvalue weighted by Crippen LogP contribution is -2.36. The molecule has 0 saturated heterocycles. The molecule has 0 aromatic carbocycles. The molecule has 0 aromatic rings. The second-order valence-electron chi connectivity index (χ2n) is 4.27. The molecule has 2 aliphatic carbocycles. The van der Waals surface area contributed by atoms with E-state index in [1.165, 1.54) is 6.92 Å². The summed E-state index contributed by atoms with van der Waals surface area (Å²) in [5.41, 5.74) is 0. The van der Waals surface area contributed by atoms with Crippen molar-refractivity contribution < 1.29 is 19.4 Å². The van der Waals surface area contributed by atoms with Gasteiger partial charge in [0.25, 0.3) is 0 Å². The topological polar surface area (TPSA) is 63.6 Å². The van der Waals surface area contributed by atoms with Crippen LogP contribution < -0.4 is 0 Å². The number of carboxylic acid groups (broad SMARTS) is 1. The zero-order valence-corrected chi connectivity index (χ0v) is 8.10. The molecule has 0 aromatic heterocycles. The van der Waals surface area contributed by atoms with Crippen molar-refractivity contribution in [2.45, 2.75) is 32.3 Å². The smallest absolute Gasteiger partial charge is 0.310 e. The molecule has 0 radical (unpaired) electrons. The summed E-state index contributed by atoms with van der Waals surface area (Å²) in [4.78, 5) is 21.8. The summed E-state index contributed by atoms with van der Waals surface area (Å²) in [6.07, 6.45) is 2.52. The van der Waals surface area contributed by atoms with Crippen LogP contribution in [0.15, 0.2) is 0 Å². The van der Waals surface area contributed by atoms with Crippen LogP contribution >= 0.6 is 0 Å². The Hall–Kier alpha value is -1.06. The number of aliphatic carboxylic acids is 1. The Morgan fingerprint density at radius 2 is 1.93 bits per heavy atom. The van der Waals surface area contributed by atoms with Crippen molar-refractivity contribution in [2.75, 3.05) is 0 Å². The number of fused-ring (bicyclic) bond motifs is 2. The first-order valence-corrected chi connectivity index (χ1v) is 4.99. The summed E-state index contributed by atoms with van der Waals surface area (Å²) in [7, 11) is 0. The zero-order chi connectivity index (χ0) is 10.3. The van der Waals surface area contributed by atoms with Gasteiger partial charge in [-0.15, -0.1) is 0 Å². The zero-order valence-electron chi connectivity index (χ0n) is 8.10. The van der Waals surface area contributed by atoms with Crippen LogP contribution in [0.4, 0.5) is 0 Å². The quantitative estimate of drug-likeness (QED) is 0.673. The maximum atomic E-state index is 11.0. The van der Waals surface area contributed by atoms with E-state index in [1.54, 1.807) is 0 Å². The van der Waals surface area contributed by atoms with Crippen LogP contribution in [-0.2, 0) is 14.3 Å². The van der Waals surface area contributed by atoms with E-state index in [4.69, 9.17) is 9.84 Å². The Balaban J connectivity index is 2.13. The van der Waals surface area contributed by atoms with E-state index < -0.39 is 11.9 Å². The van der Waals surface area contributed by atoms with Crippen molar-refractivity contribution >= 4 is 11.9 Å². The third-order valence-corrected chi connectivity index (χ3v) is 3.43. The fourth-order valence-corrected chi connectivity index (χ4v) is 2.94. The molecule has 0 spiro atoms. The van der Waals surface area contributed by atoms with Crippen molar-refractivity contribution in [3.05, 3.63) is 0 Å². The average Bonchev–Trinajstić information content (AvgIpc) is 2.61. The van der Waals surface area contributed by atoms with Gasteiger partial charge in [0.2, 0.25) is 0 Å². The lowest BCUT2D eigenvalue weighted by molar-refractivity contribution is -0.160. The second kappa shape index (κ2) is 3.26. The molecule has 2 saturated carbocycles. The second-order valence-corrected chi connectivity index (χ2v) is 4.27. The molecule has 2 fully saturated rings. The molecule has 4 atom stereocenters. The van der Waals surface area contributed by atoms with Gasteiger partial charge in [0.15, 0.2) is 0 Å². The Morgan fingerprint density at radius 1 is 1.29 bits per heavy atom. The molecule has 2 rings (SSSR count). The normalized spacial score (nSPS) is 39.8. The van der Waals surface area contributed by atoms with Gasteiger partial charge < -0.3 is 9.84 Å². The number of hydrogen-bond donors (Lipinski definition) is 1. The fourth-order valence-electron chi connectivity index (χ4n) is 2.94. The van der Waals surface area contributed by atoms with E-state index in [-0.39, 0.29) is 23.9 Å². The molecule has 2 aliphatic rings. The molecule has 1 N–H and O–H groups in total. The van der Waals surface area contributed by atoms with Gasteiger partial charge >= 0.3 is 11.9 Å². The highest BCUT2D eigenvalue weighted by Crippen LogP contribution is 2.49. The van der Waals surface area contributed by atoms with Crippen molar-refractivity contribution in [1.29, 1.82) is 0 Å². The van der Waals surface area contributed by atoms with Gasteiger partial charge in [0, 0.05) is 6.92 Å². The number of rotatable bonds is 2. The van der Waals surface area contributed by atoms with Crippen LogP contribution in [0, 0.1) is 17.8 Å². The number of esters is 1. The number of carbonyl (C=O) groups excluding carboxylic acids is 1. The predicted octanol–water partition coefficient (Wildman–Crippen LogP) is 1.05. The number of ether oxygens (including phenoxy) is 1. The molecule has 4 nitrogen and oxygen atoms in total. The van der Waals surface area contributed by atoms with Crippen LogP contribution in [-0.4, -0.2) is 23.1 Å². The number of carbonyl (C=O) groups is 2.